The van der Waals surface area contributed by atoms with Crippen LogP contribution in [0.2, 0.25) is 0 Å². The lowest BCUT2D eigenvalue weighted by Crippen LogP contribution is -2.53. The lowest BCUT2D eigenvalue weighted by Gasteiger charge is -2.39. The van der Waals surface area contributed by atoms with Crippen LogP contribution in [-0.2, 0) is 21.5 Å². The first-order valence-electron chi connectivity index (χ1n) is 14.2. The normalized spacial score (nSPS) is 12.2. The molecule has 0 radical (unpaired) electrons. The molecule has 0 bridgehead atoms. The average molecular weight is 553 g/mol. The minimum absolute atomic E-state index is 0.294. The summed E-state index contributed by atoms with van der Waals surface area (Å²) in [6, 6.07) is 45.9. The van der Waals surface area contributed by atoms with Gasteiger partial charge < -0.3 is 9.15 Å². The summed E-state index contributed by atoms with van der Waals surface area (Å²) < 4.78 is 11.6. The topological polar surface area (TPSA) is 64.4 Å². The first kappa shape index (κ1) is 27.2. The van der Waals surface area contributed by atoms with Crippen LogP contribution in [0.1, 0.15) is 29.2 Å². The molecule has 5 aromatic carbocycles. The van der Waals surface area contributed by atoms with Crippen LogP contribution in [0.25, 0.3) is 22.6 Å². The van der Waals surface area contributed by atoms with Gasteiger partial charge in [-0.3, -0.25) is 10.1 Å². The summed E-state index contributed by atoms with van der Waals surface area (Å²) in [4.78, 5) is 18.2. The van der Waals surface area contributed by atoms with Gasteiger partial charge in [-0.1, -0.05) is 115 Å². The monoisotopic (exact) mass is 552 g/mol. The number of nitrogens with zero attached hydrogens (tertiary/aromatic N) is 1. The van der Waals surface area contributed by atoms with Crippen LogP contribution < -0.4 is 5.32 Å². The molecule has 0 saturated heterocycles. The molecule has 5 heteroatoms. The van der Waals surface area contributed by atoms with Crippen molar-refractivity contribution in [3.8, 4) is 11.5 Å². The molecule has 6 rings (SSSR count). The summed E-state index contributed by atoms with van der Waals surface area (Å²) in [6.07, 6.45) is 0.431. The average Bonchev–Trinajstić information content (AvgIpc) is 3.49. The van der Waals surface area contributed by atoms with Crippen molar-refractivity contribution >= 4 is 17.1 Å². The maximum atomic E-state index is 13.6. The number of para-hydroxylation sites is 2. The molecule has 0 amide bonds. The van der Waals surface area contributed by atoms with Gasteiger partial charge in [0, 0.05) is 5.56 Å². The van der Waals surface area contributed by atoms with Crippen molar-refractivity contribution in [2.75, 3.05) is 6.61 Å². The molecule has 1 atom stereocenters. The molecule has 0 aliphatic rings. The van der Waals surface area contributed by atoms with Gasteiger partial charge in [-0.15, -0.1) is 0 Å². The molecular weight excluding hydrogens is 520 g/mol. The molecule has 5 nitrogen and oxygen atoms in total. The number of hydrogen-bond donors (Lipinski definition) is 1. The molecule has 0 spiro atoms. The zero-order chi connectivity index (χ0) is 28.8. The first-order chi connectivity index (χ1) is 20.7. The Hall–Kier alpha value is -5.00. The minimum Gasteiger partial charge on any atom is -0.465 e. The number of ether oxygens (including phenoxy) is 1. The molecule has 1 N–H and O–H groups in total. The number of fused-ring (bicyclic) bond motifs is 1. The van der Waals surface area contributed by atoms with E-state index in [9.17, 15) is 4.79 Å². The highest BCUT2D eigenvalue weighted by Gasteiger charge is 2.40. The van der Waals surface area contributed by atoms with E-state index < -0.39 is 11.6 Å². The third kappa shape index (κ3) is 5.47. The number of rotatable bonds is 10. The van der Waals surface area contributed by atoms with Gasteiger partial charge in [-0.05, 0) is 59.9 Å². The molecule has 0 aliphatic heterocycles. The van der Waals surface area contributed by atoms with Crippen molar-refractivity contribution < 1.29 is 13.9 Å². The van der Waals surface area contributed by atoms with E-state index in [0.29, 0.717) is 18.9 Å². The van der Waals surface area contributed by atoms with Crippen molar-refractivity contribution in [2.24, 2.45) is 0 Å². The van der Waals surface area contributed by atoms with E-state index in [1.54, 1.807) is 0 Å². The zero-order valence-corrected chi connectivity index (χ0v) is 23.4. The molecule has 208 valence electrons. The summed E-state index contributed by atoms with van der Waals surface area (Å²) in [7, 11) is 0. The Labute approximate surface area is 245 Å². The third-order valence-electron chi connectivity index (χ3n) is 7.52. The van der Waals surface area contributed by atoms with Crippen LogP contribution in [0.5, 0.6) is 0 Å². The minimum atomic E-state index is -0.806. The van der Waals surface area contributed by atoms with Gasteiger partial charge in [-0.2, -0.15) is 0 Å². The summed E-state index contributed by atoms with van der Waals surface area (Å²) >= 11 is 0. The van der Waals surface area contributed by atoms with E-state index in [2.05, 4.69) is 46.7 Å². The van der Waals surface area contributed by atoms with Crippen molar-refractivity contribution in [3.63, 3.8) is 0 Å². The Kier molecular flexibility index (Phi) is 7.93. The summed E-state index contributed by atoms with van der Waals surface area (Å²) in [6.45, 7) is 2.13. The number of hydrogen-bond acceptors (Lipinski definition) is 5. The van der Waals surface area contributed by atoms with Crippen LogP contribution in [0.15, 0.2) is 144 Å². The Morgan fingerprint density at radius 1 is 0.738 bits per heavy atom. The molecule has 6 aromatic rings. The number of benzene rings is 5. The molecule has 42 heavy (non-hydrogen) atoms. The van der Waals surface area contributed by atoms with Crippen LogP contribution in [-0.4, -0.2) is 23.6 Å². The van der Waals surface area contributed by atoms with Crippen LogP contribution in [0, 0.1) is 0 Å². The van der Waals surface area contributed by atoms with E-state index in [1.807, 2.05) is 110 Å². The molecule has 1 aromatic heterocycles. The number of nitrogens with one attached hydrogen (secondary N) is 1. The lowest BCUT2D eigenvalue weighted by atomic mass is 9.76. The highest BCUT2D eigenvalue weighted by molar-refractivity contribution is 5.77. The predicted octanol–water partition coefficient (Wildman–Crippen LogP) is 7.55. The Morgan fingerprint density at radius 2 is 1.26 bits per heavy atom. The highest BCUT2D eigenvalue weighted by Crippen LogP contribution is 2.37. The highest BCUT2D eigenvalue weighted by atomic mass is 16.5. The van der Waals surface area contributed by atoms with Gasteiger partial charge in [0.1, 0.15) is 11.6 Å². The number of aromatic nitrogens is 1. The molecule has 0 saturated carbocycles. The van der Waals surface area contributed by atoms with Crippen molar-refractivity contribution in [2.45, 2.75) is 24.9 Å². The number of oxazole rings is 1. The van der Waals surface area contributed by atoms with E-state index in [1.165, 1.54) is 0 Å². The van der Waals surface area contributed by atoms with Crippen LogP contribution in [0.3, 0.4) is 0 Å². The number of carbonyl (C=O) groups is 1. The Bertz CT molecular complexity index is 1620. The second kappa shape index (κ2) is 12.2. The fourth-order valence-electron chi connectivity index (χ4n) is 5.53. The molecular formula is C37H32N2O3. The maximum absolute atomic E-state index is 13.6. The summed E-state index contributed by atoms with van der Waals surface area (Å²) in [5, 5.41) is 3.81. The zero-order valence-electron chi connectivity index (χ0n) is 23.4. The Balaban J connectivity index is 1.39. The standard InChI is InChI=1S/C37H32N2O3/c1-2-41-36(40)33(26-27-22-24-28(25-23-27)35-38-32-20-12-13-21-34(32)42-35)39-37(29-14-6-3-7-15-29,30-16-8-4-9-17-30)31-18-10-5-11-19-31/h3-25,33,39H,2,26H2,1H3/t33-/m0/s1. The smallest absolute Gasteiger partial charge is 0.323 e. The van der Waals surface area contributed by atoms with Gasteiger partial charge in [0.2, 0.25) is 5.89 Å². The van der Waals surface area contributed by atoms with Gasteiger partial charge in [0.15, 0.2) is 5.58 Å². The SMILES string of the molecule is CCOC(=O)[C@H](Cc1ccc(-c2nc3ccccc3o2)cc1)NC(c1ccccc1)(c1ccccc1)c1ccccc1. The maximum Gasteiger partial charge on any atom is 0.323 e. The van der Waals surface area contributed by atoms with E-state index in [-0.39, 0.29) is 5.97 Å². The van der Waals surface area contributed by atoms with Gasteiger partial charge >= 0.3 is 5.97 Å². The lowest BCUT2D eigenvalue weighted by molar-refractivity contribution is -0.146. The molecule has 1 heterocycles. The predicted molar refractivity (Wildman–Crippen MR) is 166 cm³/mol. The van der Waals surface area contributed by atoms with E-state index >= 15 is 0 Å². The third-order valence-corrected chi connectivity index (χ3v) is 7.52. The second-order valence-electron chi connectivity index (χ2n) is 10.2. The fourth-order valence-corrected chi connectivity index (χ4v) is 5.53. The largest absolute Gasteiger partial charge is 0.465 e. The van der Waals surface area contributed by atoms with Gasteiger partial charge in [0.25, 0.3) is 0 Å². The van der Waals surface area contributed by atoms with Crippen molar-refractivity contribution in [3.05, 3.63) is 162 Å². The summed E-state index contributed by atoms with van der Waals surface area (Å²) in [5.41, 5.74) is 5.73. The first-order valence-corrected chi connectivity index (χ1v) is 14.2. The van der Waals surface area contributed by atoms with Gasteiger partial charge in [0.05, 0.1) is 12.1 Å². The van der Waals surface area contributed by atoms with Crippen molar-refractivity contribution in [1.29, 1.82) is 0 Å². The number of carbonyl (C=O) groups excluding carboxylic acids is 1. The molecule has 0 unspecified atom stereocenters. The fraction of sp³-hybridized carbons (Fsp3) is 0.135. The summed E-state index contributed by atoms with van der Waals surface area (Å²) in [5.74, 6) is 0.270. The molecule has 0 fully saturated rings. The van der Waals surface area contributed by atoms with E-state index in [4.69, 9.17) is 9.15 Å². The Morgan fingerprint density at radius 3 is 1.79 bits per heavy atom. The quantitative estimate of drug-likeness (QED) is 0.140. The van der Waals surface area contributed by atoms with Gasteiger partial charge in [-0.25, -0.2) is 4.98 Å². The second-order valence-corrected chi connectivity index (χ2v) is 10.2. The van der Waals surface area contributed by atoms with Crippen LogP contribution in [0.4, 0.5) is 0 Å². The molecule has 0 aliphatic carbocycles. The van der Waals surface area contributed by atoms with E-state index in [0.717, 1.165) is 38.9 Å². The number of esters is 1. The van der Waals surface area contributed by atoms with Crippen LogP contribution >= 0.6 is 0 Å². The van der Waals surface area contributed by atoms with Crippen molar-refractivity contribution in [1.82, 2.24) is 10.3 Å².